The Bertz CT molecular complexity index is 785. The monoisotopic (exact) mass is 555 g/mol. The van der Waals surface area contributed by atoms with Gasteiger partial charge in [-0.3, -0.25) is 6.08 Å². The Balaban J connectivity index is -0.000000253. The van der Waals surface area contributed by atoms with Gasteiger partial charge in [-0.15, -0.1) is 12.0 Å². The fraction of sp³-hybridized carbons (Fsp3) is 0.214. The number of fused-ring (bicyclic) bond motifs is 3. The molecule has 29 heavy (non-hydrogen) atoms. The quantitative estimate of drug-likeness (QED) is 0.209. The van der Waals surface area contributed by atoms with Crippen LogP contribution in [-0.4, -0.2) is 0 Å². The van der Waals surface area contributed by atoms with Crippen molar-refractivity contribution in [2.45, 2.75) is 33.6 Å². The van der Waals surface area contributed by atoms with Crippen LogP contribution in [-0.2, 0) is 32.3 Å². The van der Waals surface area contributed by atoms with Crippen molar-refractivity contribution in [2.24, 2.45) is 5.41 Å². The van der Waals surface area contributed by atoms with Gasteiger partial charge in [0.25, 0.3) is 0 Å². The second-order valence-electron chi connectivity index (χ2n) is 7.35. The topological polar surface area (TPSA) is 0 Å². The normalized spacial score (nSPS) is 10.5. The molecule has 0 unspecified atom stereocenters. The largest absolute Gasteiger partial charge is 0.358 e. The Labute approximate surface area is 201 Å². The summed E-state index contributed by atoms with van der Waals surface area (Å²) in [6.45, 7) is 6.89. The van der Waals surface area contributed by atoms with Gasteiger partial charge in [-0.2, -0.15) is 23.8 Å². The Morgan fingerprint density at radius 1 is 0.828 bits per heavy atom. The van der Waals surface area contributed by atoms with E-state index in [0.29, 0.717) is 5.41 Å². The first-order chi connectivity index (χ1) is 11.0. The molecule has 0 saturated carbocycles. The minimum Gasteiger partial charge on any atom is -0.358 e. The molecule has 1 aliphatic carbocycles. The maximum atomic E-state index is 3.59. The average Bonchev–Trinajstić information content (AvgIpc) is 3.19. The van der Waals surface area contributed by atoms with Crippen molar-refractivity contribution in [3.63, 3.8) is 0 Å². The number of rotatable bonds is 1. The van der Waals surface area contributed by atoms with Crippen LogP contribution in [0.5, 0.6) is 0 Å². The molecule has 0 nitrogen and oxygen atoms in total. The molecule has 3 aromatic rings. The molecule has 0 spiro atoms. The maximum Gasteiger partial charge on any atom is 0 e. The van der Waals surface area contributed by atoms with Gasteiger partial charge >= 0.3 is 0 Å². The summed E-state index contributed by atoms with van der Waals surface area (Å²) in [6.07, 6.45) is 5.67. The number of benzene rings is 2. The molecule has 0 N–H and O–H groups in total. The van der Waals surface area contributed by atoms with E-state index in [0.717, 1.165) is 12.8 Å². The van der Waals surface area contributed by atoms with E-state index >= 15 is 0 Å². The molecule has 162 valence electrons. The summed E-state index contributed by atoms with van der Waals surface area (Å²) >= 11 is 0. The fourth-order valence-electron chi connectivity index (χ4n) is 3.11. The fourth-order valence-corrected chi connectivity index (χ4v) is 3.11. The molecule has 4 rings (SSSR count). The van der Waals surface area contributed by atoms with Gasteiger partial charge in [0.05, 0.1) is 0 Å². The van der Waals surface area contributed by atoms with Gasteiger partial charge in [-0.05, 0) is 10.8 Å². The second kappa shape index (κ2) is 15.5. The van der Waals surface area contributed by atoms with Crippen molar-refractivity contribution in [1.82, 2.24) is 0 Å². The number of hydrogen-bond acceptors (Lipinski definition) is 0. The molecule has 0 aliphatic heterocycles. The van der Waals surface area contributed by atoms with Crippen molar-refractivity contribution in [2.75, 3.05) is 0 Å². The van der Waals surface area contributed by atoms with E-state index in [2.05, 4.69) is 63.2 Å². The van der Waals surface area contributed by atoms with Gasteiger partial charge in [-0.1, -0.05) is 69.0 Å². The summed E-state index contributed by atoms with van der Waals surface area (Å²) in [4.78, 5) is 0. The standard InChI is InChI=1S/C18H19.C5H5.5CH3.Hf/c1-18(2,3)12-15-11-10-14-9-8-13-6-4-5-7-16(13)17(14)15;1-2-4-5-3-1;;;;;;/h4-9H,10,12H2,1-3H3;1-5H;5*1H3;/q7*-1;. The second-order valence-corrected chi connectivity index (χ2v) is 7.35. The summed E-state index contributed by atoms with van der Waals surface area (Å²) in [5, 5.41) is 2.73. The van der Waals surface area contributed by atoms with Crippen LogP contribution in [0.25, 0.3) is 16.3 Å². The zero-order valence-electron chi connectivity index (χ0n) is 19.8. The molecule has 1 heteroatoms. The molecule has 0 atom stereocenters. The predicted molar refractivity (Wildman–Crippen MR) is 132 cm³/mol. The van der Waals surface area contributed by atoms with Crippen molar-refractivity contribution >= 4 is 16.3 Å². The molecule has 0 amide bonds. The molecule has 0 radical (unpaired) electrons. The zero-order chi connectivity index (χ0) is 16.3. The molecule has 0 saturated heterocycles. The molecule has 0 aromatic heterocycles. The van der Waals surface area contributed by atoms with Crippen molar-refractivity contribution in [3.05, 3.63) is 121 Å². The van der Waals surface area contributed by atoms with Gasteiger partial charge in [0.1, 0.15) is 0 Å². The Morgan fingerprint density at radius 2 is 1.41 bits per heavy atom. The molecular weight excluding hydrogens is 515 g/mol. The van der Waals surface area contributed by atoms with E-state index < -0.39 is 0 Å². The van der Waals surface area contributed by atoms with Gasteiger partial charge < -0.3 is 37.1 Å². The van der Waals surface area contributed by atoms with E-state index in [1.807, 2.05) is 30.3 Å². The van der Waals surface area contributed by atoms with Gasteiger partial charge in [0, 0.05) is 25.8 Å². The smallest absolute Gasteiger partial charge is 0 e. The first-order valence-electron chi connectivity index (χ1n) is 8.32. The molecular formula is C28H39Hf-7. The van der Waals surface area contributed by atoms with Crippen LogP contribution >= 0.6 is 0 Å². The molecule has 0 bridgehead atoms. The van der Waals surface area contributed by atoms with E-state index in [9.17, 15) is 0 Å². The summed E-state index contributed by atoms with van der Waals surface area (Å²) in [5.74, 6) is 0. The summed E-state index contributed by atoms with van der Waals surface area (Å²) < 4.78 is 0. The zero-order valence-corrected chi connectivity index (χ0v) is 23.4. The van der Waals surface area contributed by atoms with Gasteiger partial charge in [0.15, 0.2) is 0 Å². The third-order valence-corrected chi connectivity index (χ3v) is 4.07. The average molecular weight is 554 g/mol. The molecule has 0 fully saturated rings. The molecule has 0 heterocycles. The van der Waals surface area contributed by atoms with Crippen LogP contribution in [0.2, 0.25) is 0 Å². The molecule has 3 aromatic carbocycles. The Kier molecular flexibility index (Phi) is 18.8. The molecule has 1 aliphatic rings. The van der Waals surface area contributed by atoms with Crippen LogP contribution in [0.15, 0.2) is 66.7 Å². The van der Waals surface area contributed by atoms with Crippen molar-refractivity contribution in [1.29, 1.82) is 0 Å². The third-order valence-electron chi connectivity index (χ3n) is 4.07. The first kappa shape index (κ1) is 35.1. The minimum atomic E-state index is 0. The number of hydrogen-bond donors (Lipinski definition) is 0. The van der Waals surface area contributed by atoms with E-state index in [1.165, 1.54) is 27.5 Å². The summed E-state index contributed by atoms with van der Waals surface area (Å²) in [7, 11) is 0. The van der Waals surface area contributed by atoms with E-state index in [4.69, 9.17) is 0 Å². The maximum absolute atomic E-state index is 3.59. The van der Waals surface area contributed by atoms with Crippen molar-refractivity contribution < 1.29 is 25.8 Å². The third kappa shape index (κ3) is 9.34. The van der Waals surface area contributed by atoms with Crippen LogP contribution in [0.1, 0.15) is 38.3 Å². The summed E-state index contributed by atoms with van der Waals surface area (Å²) in [6, 6.07) is 23.2. The van der Waals surface area contributed by atoms with Crippen LogP contribution in [0, 0.1) is 48.6 Å². The summed E-state index contributed by atoms with van der Waals surface area (Å²) in [5.41, 5.74) is 4.62. The van der Waals surface area contributed by atoms with E-state index in [1.54, 1.807) is 0 Å². The minimum absolute atomic E-state index is 0. The SMILES string of the molecule is CC(C)(C)CC1=[C-]Cc2ccc3ccccc3c21.[CH3-].[CH3-].[CH3-].[CH3-].[CH3-].[Hf].c1cc[cH-]c1. The van der Waals surface area contributed by atoms with Gasteiger partial charge in [-0.25, -0.2) is 17.7 Å². The Morgan fingerprint density at radius 3 is 1.93 bits per heavy atom. The van der Waals surface area contributed by atoms with Crippen molar-refractivity contribution in [3.8, 4) is 0 Å². The Hall–Kier alpha value is -1.34. The van der Waals surface area contributed by atoms with Crippen LogP contribution < -0.4 is 0 Å². The van der Waals surface area contributed by atoms with Gasteiger partial charge in [0.2, 0.25) is 0 Å². The van der Waals surface area contributed by atoms with Crippen LogP contribution in [0.3, 0.4) is 0 Å². The van der Waals surface area contributed by atoms with E-state index in [-0.39, 0.29) is 63.0 Å². The first-order valence-corrected chi connectivity index (χ1v) is 8.32. The predicted octanol–water partition coefficient (Wildman–Crippen LogP) is 8.67. The van der Waals surface area contributed by atoms with Crippen LogP contribution in [0.4, 0.5) is 0 Å². The number of allylic oxidation sites excluding steroid dienone is 2.